The molecule has 8 nitrogen and oxygen atoms in total. The molecule has 8 heteroatoms. The smallest absolute Gasteiger partial charge is 0.328 e. The van der Waals surface area contributed by atoms with Crippen LogP contribution in [0.5, 0.6) is 0 Å². The number of rotatable bonds is 6. The Labute approximate surface area is 123 Å². The Morgan fingerprint density at radius 3 is 2.33 bits per heavy atom. The Bertz CT molecular complexity index is 380. The van der Waals surface area contributed by atoms with Crippen molar-refractivity contribution in [3.8, 4) is 0 Å². The molecule has 120 valence electrons. The van der Waals surface area contributed by atoms with Gasteiger partial charge in [0.15, 0.2) is 6.04 Å². The number of nitrogens with one attached hydrogen (secondary N) is 2. The number of carbonyl (C=O) groups is 3. The van der Waals surface area contributed by atoms with Crippen LogP contribution in [0.4, 0.5) is 4.79 Å². The minimum absolute atomic E-state index is 0.0136. The summed E-state index contributed by atoms with van der Waals surface area (Å²) in [5, 5.41) is 22.6. The number of aliphatic carboxylic acids is 1. The van der Waals surface area contributed by atoms with Crippen LogP contribution in [0.2, 0.25) is 0 Å². The number of hydrogen-bond acceptors (Lipinski definition) is 4. The first-order valence-electron chi connectivity index (χ1n) is 7.15. The number of carbonyl (C=O) groups excluding carboxylic acids is 2. The van der Waals surface area contributed by atoms with Crippen LogP contribution in [0.3, 0.4) is 0 Å². The second-order valence-electron chi connectivity index (χ2n) is 5.15. The van der Waals surface area contributed by atoms with Gasteiger partial charge in [0.25, 0.3) is 0 Å². The topological polar surface area (TPSA) is 119 Å². The first kappa shape index (κ1) is 17.2. The molecule has 3 amide bonds. The van der Waals surface area contributed by atoms with Crippen molar-refractivity contribution in [2.24, 2.45) is 0 Å². The van der Waals surface area contributed by atoms with Gasteiger partial charge in [-0.05, 0) is 26.2 Å². The van der Waals surface area contributed by atoms with Crippen LogP contribution in [0.25, 0.3) is 0 Å². The van der Waals surface area contributed by atoms with Crippen LogP contribution in [-0.4, -0.2) is 64.8 Å². The van der Waals surface area contributed by atoms with Gasteiger partial charge >= 0.3 is 12.0 Å². The first-order chi connectivity index (χ1) is 9.91. The number of likely N-dealkylation sites (tertiary alicyclic amines) is 1. The number of urea groups is 1. The van der Waals surface area contributed by atoms with Gasteiger partial charge < -0.3 is 25.7 Å². The highest BCUT2D eigenvalue weighted by molar-refractivity contribution is 5.83. The van der Waals surface area contributed by atoms with Crippen molar-refractivity contribution in [3.05, 3.63) is 0 Å². The van der Waals surface area contributed by atoms with Crippen molar-refractivity contribution in [2.45, 2.75) is 44.8 Å². The van der Waals surface area contributed by atoms with Crippen LogP contribution in [0.15, 0.2) is 0 Å². The molecule has 1 heterocycles. The molecule has 0 bridgehead atoms. The summed E-state index contributed by atoms with van der Waals surface area (Å²) < 4.78 is 0. The summed E-state index contributed by atoms with van der Waals surface area (Å²) in [6.07, 6.45) is 2.13. The lowest BCUT2D eigenvalue weighted by molar-refractivity contribution is -0.141. The molecule has 0 saturated carbocycles. The van der Waals surface area contributed by atoms with Gasteiger partial charge in [0.2, 0.25) is 5.91 Å². The summed E-state index contributed by atoms with van der Waals surface area (Å²) in [6, 6.07) is -2.09. The number of amides is 3. The zero-order chi connectivity index (χ0) is 15.8. The number of aliphatic hydroxyl groups excluding tert-OH is 1. The molecule has 0 radical (unpaired) electrons. The van der Waals surface area contributed by atoms with E-state index < -0.39 is 24.1 Å². The molecule has 1 aliphatic rings. The zero-order valence-electron chi connectivity index (χ0n) is 12.2. The molecule has 0 aliphatic carbocycles. The maximum absolute atomic E-state index is 11.8. The highest BCUT2D eigenvalue weighted by Gasteiger charge is 2.25. The third kappa shape index (κ3) is 5.99. The average molecular weight is 301 g/mol. The van der Waals surface area contributed by atoms with Crippen LogP contribution < -0.4 is 10.6 Å². The van der Waals surface area contributed by atoms with E-state index in [0.717, 1.165) is 32.4 Å². The molecule has 21 heavy (non-hydrogen) atoms. The van der Waals surface area contributed by atoms with Crippen LogP contribution >= 0.6 is 0 Å². The summed E-state index contributed by atoms with van der Waals surface area (Å²) in [7, 11) is 0. The van der Waals surface area contributed by atoms with E-state index in [1.54, 1.807) is 4.90 Å². The van der Waals surface area contributed by atoms with Crippen molar-refractivity contribution in [1.29, 1.82) is 0 Å². The van der Waals surface area contributed by atoms with Gasteiger partial charge in [-0.2, -0.15) is 0 Å². The molecule has 0 aromatic carbocycles. The van der Waals surface area contributed by atoms with E-state index in [-0.39, 0.29) is 18.9 Å². The Hall–Kier alpha value is -1.83. The average Bonchev–Trinajstić information content (AvgIpc) is 2.45. The number of piperidine rings is 1. The molecule has 1 aliphatic heterocycles. The first-order valence-corrected chi connectivity index (χ1v) is 7.15. The van der Waals surface area contributed by atoms with E-state index in [2.05, 4.69) is 10.6 Å². The molecule has 1 fully saturated rings. The highest BCUT2D eigenvalue weighted by Crippen LogP contribution is 2.09. The van der Waals surface area contributed by atoms with Gasteiger partial charge in [-0.3, -0.25) is 4.79 Å². The second-order valence-corrected chi connectivity index (χ2v) is 5.15. The van der Waals surface area contributed by atoms with E-state index in [1.165, 1.54) is 6.92 Å². The molecule has 1 saturated heterocycles. The summed E-state index contributed by atoms with van der Waals surface area (Å²) in [4.78, 5) is 35.9. The van der Waals surface area contributed by atoms with Gasteiger partial charge in [-0.15, -0.1) is 0 Å². The Balaban J connectivity index is 2.26. The predicted octanol–water partition coefficient (Wildman–Crippen LogP) is -0.478. The molecule has 0 spiro atoms. The lowest BCUT2D eigenvalue weighted by Crippen LogP contribution is -2.51. The fraction of sp³-hybridized carbons (Fsp3) is 0.769. The van der Waals surface area contributed by atoms with Crippen molar-refractivity contribution >= 4 is 17.9 Å². The Morgan fingerprint density at radius 2 is 1.81 bits per heavy atom. The fourth-order valence-corrected chi connectivity index (χ4v) is 2.17. The van der Waals surface area contributed by atoms with Crippen molar-refractivity contribution in [1.82, 2.24) is 15.5 Å². The van der Waals surface area contributed by atoms with Crippen LogP contribution in [0, 0.1) is 0 Å². The van der Waals surface area contributed by atoms with E-state index in [4.69, 9.17) is 5.11 Å². The van der Waals surface area contributed by atoms with Gasteiger partial charge in [0, 0.05) is 26.1 Å². The molecular weight excluding hydrogens is 278 g/mol. The van der Waals surface area contributed by atoms with E-state index in [9.17, 15) is 19.5 Å². The number of carboxylic acids is 1. The molecule has 2 atom stereocenters. The molecule has 1 rings (SSSR count). The second kappa shape index (κ2) is 8.46. The third-order valence-electron chi connectivity index (χ3n) is 3.37. The molecular formula is C13H23N3O5. The number of nitrogens with zero attached hydrogens (tertiary/aromatic N) is 1. The quantitative estimate of drug-likeness (QED) is 0.528. The zero-order valence-corrected chi connectivity index (χ0v) is 12.2. The van der Waals surface area contributed by atoms with Gasteiger partial charge in [-0.1, -0.05) is 0 Å². The number of hydrogen-bond donors (Lipinski definition) is 4. The Morgan fingerprint density at radius 1 is 1.19 bits per heavy atom. The normalized spacial score (nSPS) is 17.7. The highest BCUT2D eigenvalue weighted by atomic mass is 16.4. The third-order valence-corrected chi connectivity index (χ3v) is 3.37. The minimum Gasteiger partial charge on any atom is -0.480 e. The van der Waals surface area contributed by atoms with Crippen molar-refractivity contribution in [3.63, 3.8) is 0 Å². The Kier molecular flexibility index (Phi) is 6.93. The maximum Gasteiger partial charge on any atom is 0.328 e. The monoisotopic (exact) mass is 301 g/mol. The van der Waals surface area contributed by atoms with Gasteiger partial charge in [0.05, 0.1) is 6.10 Å². The predicted molar refractivity (Wildman–Crippen MR) is 74.7 cm³/mol. The van der Waals surface area contributed by atoms with Crippen LogP contribution in [-0.2, 0) is 9.59 Å². The largest absolute Gasteiger partial charge is 0.480 e. The summed E-state index contributed by atoms with van der Waals surface area (Å²) in [5.74, 6) is -1.33. The maximum atomic E-state index is 11.8. The lowest BCUT2D eigenvalue weighted by atomic mass is 10.1. The molecule has 4 N–H and O–H groups in total. The fourth-order valence-electron chi connectivity index (χ4n) is 2.17. The number of aliphatic hydroxyl groups is 1. The lowest BCUT2D eigenvalue weighted by Gasteiger charge is -2.26. The van der Waals surface area contributed by atoms with Gasteiger partial charge in [-0.25, -0.2) is 9.59 Å². The molecule has 0 aromatic heterocycles. The van der Waals surface area contributed by atoms with Crippen molar-refractivity contribution < 1.29 is 24.6 Å². The van der Waals surface area contributed by atoms with Gasteiger partial charge in [0.1, 0.15) is 0 Å². The summed E-state index contributed by atoms with van der Waals surface area (Å²) in [6.45, 7) is 2.93. The SMILES string of the molecule is C[C@@H](O)[C@H](NC(=O)NCCC(=O)N1CCCCC1)C(=O)O. The number of carboxylic acid groups (broad SMARTS) is 1. The van der Waals surface area contributed by atoms with Crippen molar-refractivity contribution in [2.75, 3.05) is 19.6 Å². The summed E-state index contributed by atoms with van der Waals surface area (Å²) >= 11 is 0. The summed E-state index contributed by atoms with van der Waals surface area (Å²) in [5.41, 5.74) is 0. The standard InChI is InChI=1S/C13H23N3O5/c1-9(17)11(12(19)20)15-13(21)14-6-5-10(18)16-7-3-2-4-8-16/h9,11,17H,2-8H2,1H3,(H,19,20)(H2,14,15,21)/t9-,11+/m1/s1. The molecule has 0 aromatic rings. The van der Waals surface area contributed by atoms with E-state index in [1.807, 2.05) is 0 Å². The van der Waals surface area contributed by atoms with Crippen LogP contribution in [0.1, 0.15) is 32.6 Å². The van der Waals surface area contributed by atoms with E-state index in [0.29, 0.717) is 0 Å². The van der Waals surface area contributed by atoms with E-state index >= 15 is 0 Å². The minimum atomic E-state index is -1.37. The molecule has 0 unspecified atom stereocenters.